The van der Waals surface area contributed by atoms with Crippen LogP contribution in [0, 0.1) is 17.2 Å². The largest absolute Gasteiger partial charge is 0.355 e. The fourth-order valence-electron chi connectivity index (χ4n) is 2.34. The molecule has 0 aromatic carbocycles. The smallest absolute Gasteiger partial charge is 0.133 e. The van der Waals surface area contributed by atoms with Crippen molar-refractivity contribution in [1.29, 1.82) is 5.26 Å². The van der Waals surface area contributed by atoms with Crippen LogP contribution < -0.4 is 10.2 Å². The van der Waals surface area contributed by atoms with Crippen molar-refractivity contribution < 1.29 is 0 Å². The molecule has 4 heteroatoms. The van der Waals surface area contributed by atoms with Crippen LogP contribution in [0.15, 0.2) is 18.3 Å². The van der Waals surface area contributed by atoms with E-state index in [9.17, 15) is 0 Å². The molecule has 0 saturated heterocycles. The molecule has 0 saturated carbocycles. The van der Waals surface area contributed by atoms with E-state index in [1.165, 1.54) is 5.56 Å². The van der Waals surface area contributed by atoms with Crippen molar-refractivity contribution in [2.24, 2.45) is 5.92 Å². The first-order valence-electron chi connectivity index (χ1n) is 7.40. The Morgan fingerprint density at radius 1 is 1.40 bits per heavy atom. The average molecular weight is 274 g/mol. The van der Waals surface area contributed by atoms with Gasteiger partial charge in [-0.05, 0) is 25.5 Å². The molecule has 1 unspecified atom stereocenters. The molecule has 1 N–H and O–H groups in total. The highest BCUT2D eigenvalue weighted by Crippen LogP contribution is 2.24. The van der Waals surface area contributed by atoms with E-state index in [0.29, 0.717) is 12.3 Å². The van der Waals surface area contributed by atoms with E-state index in [1.54, 1.807) is 0 Å². The second kappa shape index (κ2) is 8.55. The van der Waals surface area contributed by atoms with Crippen LogP contribution in [0.25, 0.3) is 0 Å². The highest BCUT2D eigenvalue weighted by atomic mass is 15.2. The van der Waals surface area contributed by atoms with Crippen molar-refractivity contribution in [3.8, 4) is 6.07 Å². The number of nitrogens with one attached hydrogen (secondary N) is 1. The van der Waals surface area contributed by atoms with Crippen molar-refractivity contribution in [3.05, 3.63) is 23.9 Å². The normalized spacial score (nSPS) is 12.2. The Morgan fingerprint density at radius 2 is 2.15 bits per heavy atom. The van der Waals surface area contributed by atoms with Gasteiger partial charge in [0, 0.05) is 30.9 Å². The summed E-state index contributed by atoms with van der Waals surface area (Å²) in [5.41, 5.74) is 1.20. The Kier molecular flexibility index (Phi) is 7.03. The minimum Gasteiger partial charge on any atom is -0.355 e. The minimum absolute atomic E-state index is 0.264. The van der Waals surface area contributed by atoms with E-state index in [-0.39, 0.29) is 6.04 Å². The van der Waals surface area contributed by atoms with E-state index < -0.39 is 0 Å². The maximum Gasteiger partial charge on any atom is 0.133 e. The van der Waals surface area contributed by atoms with Crippen LogP contribution in [0.5, 0.6) is 0 Å². The van der Waals surface area contributed by atoms with E-state index in [2.05, 4.69) is 55.0 Å². The number of hydrogen-bond donors (Lipinski definition) is 1. The van der Waals surface area contributed by atoms with Crippen LogP contribution in [-0.4, -0.2) is 24.6 Å². The summed E-state index contributed by atoms with van der Waals surface area (Å²) < 4.78 is 0. The summed E-state index contributed by atoms with van der Waals surface area (Å²) in [6, 6.07) is 6.59. The summed E-state index contributed by atoms with van der Waals surface area (Å²) in [5.74, 6) is 1.54. The van der Waals surface area contributed by atoms with Gasteiger partial charge in [-0.15, -0.1) is 0 Å². The maximum absolute atomic E-state index is 8.85. The lowest BCUT2D eigenvalue weighted by Gasteiger charge is -2.28. The zero-order valence-corrected chi connectivity index (χ0v) is 13.1. The number of nitriles is 1. The molecule has 1 aromatic heterocycles. The molecule has 1 heterocycles. The summed E-state index contributed by atoms with van der Waals surface area (Å²) in [6.07, 6.45) is 2.36. The van der Waals surface area contributed by atoms with Gasteiger partial charge in [0.2, 0.25) is 0 Å². The predicted molar refractivity (Wildman–Crippen MR) is 83.6 cm³/mol. The lowest BCUT2D eigenvalue weighted by Crippen LogP contribution is -2.31. The molecule has 1 atom stereocenters. The van der Waals surface area contributed by atoms with Gasteiger partial charge < -0.3 is 10.2 Å². The molecule has 1 rings (SSSR count). The minimum atomic E-state index is 0.264. The second-order valence-electron chi connectivity index (χ2n) is 5.44. The summed E-state index contributed by atoms with van der Waals surface area (Å²) in [5, 5.41) is 12.3. The molecular weight excluding hydrogens is 248 g/mol. The summed E-state index contributed by atoms with van der Waals surface area (Å²) in [7, 11) is 0. The standard InChI is InChI=1S/C16H26N4/c1-5-18-14(4)15-8-6-10-19-16(15)20(11-7-9-17)12-13(2)3/h6,8,10,13-14,18H,5,7,11-12H2,1-4H3. The zero-order valence-electron chi connectivity index (χ0n) is 13.1. The van der Waals surface area contributed by atoms with Crippen molar-refractivity contribution in [1.82, 2.24) is 10.3 Å². The zero-order chi connectivity index (χ0) is 15.0. The molecule has 0 amide bonds. The second-order valence-corrected chi connectivity index (χ2v) is 5.44. The fraction of sp³-hybridized carbons (Fsp3) is 0.625. The van der Waals surface area contributed by atoms with E-state index >= 15 is 0 Å². The van der Waals surface area contributed by atoms with Gasteiger partial charge in [0.05, 0.1) is 12.5 Å². The lowest BCUT2D eigenvalue weighted by molar-refractivity contribution is 0.577. The van der Waals surface area contributed by atoms with Crippen molar-refractivity contribution in [3.63, 3.8) is 0 Å². The van der Waals surface area contributed by atoms with E-state index in [4.69, 9.17) is 5.26 Å². The quantitative estimate of drug-likeness (QED) is 0.791. The van der Waals surface area contributed by atoms with Crippen LogP contribution in [-0.2, 0) is 0 Å². The molecule has 0 bridgehead atoms. The molecule has 0 aliphatic rings. The monoisotopic (exact) mass is 274 g/mol. The van der Waals surface area contributed by atoms with Gasteiger partial charge >= 0.3 is 0 Å². The first-order chi connectivity index (χ1) is 9.60. The van der Waals surface area contributed by atoms with Gasteiger partial charge in [-0.25, -0.2) is 4.98 Å². The third-order valence-corrected chi connectivity index (χ3v) is 3.17. The molecule has 0 aliphatic carbocycles. The van der Waals surface area contributed by atoms with Gasteiger partial charge in [0.1, 0.15) is 5.82 Å². The molecule has 110 valence electrons. The highest BCUT2D eigenvalue weighted by Gasteiger charge is 2.17. The summed E-state index contributed by atoms with van der Waals surface area (Å²) in [4.78, 5) is 6.80. The topological polar surface area (TPSA) is 52.0 Å². The lowest BCUT2D eigenvalue weighted by atomic mass is 10.1. The highest BCUT2D eigenvalue weighted by molar-refractivity contribution is 5.48. The number of pyridine rings is 1. The Balaban J connectivity index is 3.02. The average Bonchev–Trinajstić information content (AvgIpc) is 2.43. The third kappa shape index (κ3) is 4.82. The van der Waals surface area contributed by atoms with Crippen LogP contribution in [0.3, 0.4) is 0 Å². The first-order valence-corrected chi connectivity index (χ1v) is 7.40. The Morgan fingerprint density at radius 3 is 2.75 bits per heavy atom. The molecular formula is C16H26N4. The number of hydrogen-bond acceptors (Lipinski definition) is 4. The molecule has 0 radical (unpaired) electrons. The number of aromatic nitrogens is 1. The molecule has 1 aromatic rings. The van der Waals surface area contributed by atoms with Crippen LogP contribution in [0.4, 0.5) is 5.82 Å². The van der Waals surface area contributed by atoms with Gasteiger partial charge in [-0.2, -0.15) is 5.26 Å². The number of anilines is 1. The predicted octanol–water partition coefficient (Wildman–Crippen LogP) is 3.13. The molecule has 20 heavy (non-hydrogen) atoms. The van der Waals surface area contributed by atoms with Gasteiger partial charge in [0.15, 0.2) is 0 Å². The van der Waals surface area contributed by atoms with Gasteiger partial charge in [-0.3, -0.25) is 0 Å². The summed E-state index contributed by atoms with van der Waals surface area (Å²) in [6.45, 7) is 11.2. The van der Waals surface area contributed by atoms with Gasteiger partial charge in [0.25, 0.3) is 0 Å². The van der Waals surface area contributed by atoms with Crippen molar-refractivity contribution in [2.45, 2.75) is 40.2 Å². The Labute approximate surface area is 122 Å². The third-order valence-electron chi connectivity index (χ3n) is 3.17. The Hall–Kier alpha value is -1.60. The molecule has 0 aliphatic heterocycles. The molecule has 0 fully saturated rings. The van der Waals surface area contributed by atoms with Crippen LogP contribution in [0.2, 0.25) is 0 Å². The fourth-order valence-corrected chi connectivity index (χ4v) is 2.34. The summed E-state index contributed by atoms with van der Waals surface area (Å²) >= 11 is 0. The van der Waals surface area contributed by atoms with E-state index in [1.807, 2.05) is 12.3 Å². The van der Waals surface area contributed by atoms with Crippen LogP contribution >= 0.6 is 0 Å². The van der Waals surface area contributed by atoms with Crippen LogP contribution in [0.1, 0.15) is 45.7 Å². The number of rotatable bonds is 8. The first kappa shape index (κ1) is 16.5. The maximum atomic E-state index is 8.85. The Bertz CT molecular complexity index is 436. The van der Waals surface area contributed by atoms with Crippen molar-refractivity contribution >= 4 is 5.82 Å². The molecule has 4 nitrogen and oxygen atoms in total. The molecule has 0 spiro atoms. The van der Waals surface area contributed by atoms with E-state index in [0.717, 1.165) is 25.5 Å². The SMILES string of the molecule is CCNC(C)c1cccnc1N(CCC#N)CC(C)C. The number of nitrogens with zero attached hydrogens (tertiary/aromatic N) is 3. The van der Waals surface area contributed by atoms with Crippen molar-refractivity contribution in [2.75, 3.05) is 24.5 Å². The van der Waals surface area contributed by atoms with Gasteiger partial charge in [-0.1, -0.05) is 26.8 Å².